The van der Waals surface area contributed by atoms with Crippen LogP contribution in [0.25, 0.3) is 0 Å². The van der Waals surface area contributed by atoms with Gasteiger partial charge in [-0.15, -0.1) is 24.0 Å². The van der Waals surface area contributed by atoms with E-state index in [1.165, 1.54) is 22.8 Å². The zero-order valence-electron chi connectivity index (χ0n) is 14.1. The summed E-state index contributed by atoms with van der Waals surface area (Å²) in [5, 5.41) is 3.16. The summed E-state index contributed by atoms with van der Waals surface area (Å²) in [7, 11) is 0. The minimum atomic E-state index is 0. The molecule has 23 heavy (non-hydrogen) atoms. The number of benzene rings is 1. The van der Waals surface area contributed by atoms with E-state index < -0.39 is 0 Å². The number of hydrogen-bond donors (Lipinski definition) is 2. The lowest BCUT2D eigenvalue weighted by Gasteiger charge is -2.28. The fourth-order valence-electron chi connectivity index (χ4n) is 2.36. The van der Waals surface area contributed by atoms with E-state index in [0.717, 1.165) is 26.1 Å². The SMILES string of the molecule is CC(C)CCNC(N)=NCc1ccc(N2CCSCC2)cc1.I. The van der Waals surface area contributed by atoms with E-state index in [0.29, 0.717) is 18.4 Å². The van der Waals surface area contributed by atoms with Crippen molar-refractivity contribution in [2.24, 2.45) is 16.6 Å². The summed E-state index contributed by atoms with van der Waals surface area (Å²) in [6, 6.07) is 8.70. The third kappa shape index (κ3) is 7.65. The molecule has 3 N–H and O–H groups in total. The lowest BCUT2D eigenvalue weighted by molar-refractivity contribution is 0.576. The second-order valence-electron chi connectivity index (χ2n) is 6.08. The smallest absolute Gasteiger partial charge is 0.188 e. The van der Waals surface area contributed by atoms with Crippen LogP contribution in [0.3, 0.4) is 0 Å². The quantitative estimate of drug-likeness (QED) is 0.399. The Labute approximate surface area is 161 Å². The summed E-state index contributed by atoms with van der Waals surface area (Å²) in [5.41, 5.74) is 8.40. The number of hydrogen-bond acceptors (Lipinski definition) is 3. The van der Waals surface area contributed by atoms with Gasteiger partial charge < -0.3 is 16.0 Å². The number of nitrogens with one attached hydrogen (secondary N) is 1. The molecule has 4 nitrogen and oxygen atoms in total. The second-order valence-corrected chi connectivity index (χ2v) is 7.30. The third-order valence-corrected chi connectivity index (χ3v) is 4.71. The summed E-state index contributed by atoms with van der Waals surface area (Å²) in [5.74, 6) is 3.67. The Bertz CT molecular complexity index is 470. The molecule has 1 aromatic rings. The predicted octanol–water partition coefficient (Wildman–Crippen LogP) is 3.31. The molecular weight excluding hydrogens is 419 g/mol. The molecular formula is C17H29IN4S. The average molecular weight is 448 g/mol. The molecule has 0 radical (unpaired) electrons. The number of rotatable bonds is 6. The molecule has 1 aliphatic rings. The van der Waals surface area contributed by atoms with Crippen LogP contribution >= 0.6 is 35.7 Å². The molecule has 1 aromatic carbocycles. The van der Waals surface area contributed by atoms with Crippen molar-refractivity contribution in [2.45, 2.75) is 26.8 Å². The van der Waals surface area contributed by atoms with Gasteiger partial charge >= 0.3 is 0 Å². The van der Waals surface area contributed by atoms with E-state index in [4.69, 9.17) is 5.73 Å². The van der Waals surface area contributed by atoms with E-state index in [-0.39, 0.29) is 24.0 Å². The molecule has 1 aliphatic heterocycles. The number of guanidine groups is 1. The lowest BCUT2D eigenvalue weighted by Crippen LogP contribution is -2.33. The van der Waals surface area contributed by atoms with Crippen LogP contribution in [-0.4, -0.2) is 37.1 Å². The van der Waals surface area contributed by atoms with Crippen LogP contribution in [0.2, 0.25) is 0 Å². The highest BCUT2D eigenvalue weighted by atomic mass is 127. The third-order valence-electron chi connectivity index (χ3n) is 3.77. The first-order chi connectivity index (χ1) is 10.6. The Morgan fingerprint density at radius 2 is 1.91 bits per heavy atom. The van der Waals surface area contributed by atoms with Gasteiger partial charge in [0.15, 0.2) is 5.96 Å². The normalized spacial score (nSPS) is 15.4. The van der Waals surface area contributed by atoms with Gasteiger partial charge in [0.1, 0.15) is 0 Å². The molecule has 0 aliphatic carbocycles. The predicted molar refractivity (Wildman–Crippen MR) is 114 cm³/mol. The number of nitrogens with zero attached hydrogens (tertiary/aromatic N) is 2. The summed E-state index contributed by atoms with van der Waals surface area (Å²) in [4.78, 5) is 6.85. The minimum Gasteiger partial charge on any atom is -0.370 e. The number of aliphatic imine (C=N–C) groups is 1. The lowest BCUT2D eigenvalue weighted by atomic mass is 10.1. The first-order valence-electron chi connectivity index (χ1n) is 8.10. The fraction of sp³-hybridized carbons (Fsp3) is 0.588. The highest BCUT2D eigenvalue weighted by Gasteiger charge is 2.10. The maximum absolute atomic E-state index is 5.88. The van der Waals surface area contributed by atoms with Crippen molar-refractivity contribution in [1.29, 1.82) is 0 Å². The average Bonchev–Trinajstić information content (AvgIpc) is 2.54. The highest BCUT2D eigenvalue weighted by molar-refractivity contribution is 14.0. The molecule has 0 amide bonds. The van der Waals surface area contributed by atoms with Crippen LogP contribution in [-0.2, 0) is 6.54 Å². The van der Waals surface area contributed by atoms with Gasteiger partial charge in [0.25, 0.3) is 0 Å². The van der Waals surface area contributed by atoms with Crippen molar-refractivity contribution >= 4 is 47.4 Å². The molecule has 130 valence electrons. The van der Waals surface area contributed by atoms with E-state index in [2.05, 4.69) is 53.3 Å². The molecule has 6 heteroatoms. The van der Waals surface area contributed by atoms with Gasteiger partial charge in [-0.05, 0) is 30.0 Å². The zero-order valence-corrected chi connectivity index (χ0v) is 17.3. The van der Waals surface area contributed by atoms with Crippen molar-refractivity contribution in [3.63, 3.8) is 0 Å². The monoisotopic (exact) mass is 448 g/mol. The number of nitrogens with two attached hydrogens (primary N) is 1. The Kier molecular flexibility index (Phi) is 9.78. The molecule has 1 fully saturated rings. The minimum absolute atomic E-state index is 0. The number of halogens is 1. The van der Waals surface area contributed by atoms with Crippen molar-refractivity contribution in [3.8, 4) is 0 Å². The number of thioether (sulfide) groups is 1. The first kappa shape index (κ1) is 20.4. The van der Waals surface area contributed by atoms with Gasteiger partial charge in [-0.2, -0.15) is 11.8 Å². The Morgan fingerprint density at radius 3 is 2.52 bits per heavy atom. The van der Waals surface area contributed by atoms with E-state index in [9.17, 15) is 0 Å². The van der Waals surface area contributed by atoms with Gasteiger partial charge in [-0.3, -0.25) is 0 Å². The highest BCUT2D eigenvalue weighted by Crippen LogP contribution is 2.20. The molecule has 0 aromatic heterocycles. The van der Waals surface area contributed by atoms with Gasteiger partial charge in [0, 0.05) is 36.8 Å². The van der Waals surface area contributed by atoms with Gasteiger partial charge in [0.05, 0.1) is 6.54 Å². The summed E-state index contributed by atoms with van der Waals surface area (Å²) in [6.45, 7) is 8.23. The maximum Gasteiger partial charge on any atom is 0.188 e. The summed E-state index contributed by atoms with van der Waals surface area (Å²) >= 11 is 2.04. The molecule has 0 spiro atoms. The largest absolute Gasteiger partial charge is 0.370 e. The van der Waals surface area contributed by atoms with Crippen molar-refractivity contribution in [2.75, 3.05) is 36.0 Å². The van der Waals surface area contributed by atoms with Gasteiger partial charge in [-0.1, -0.05) is 26.0 Å². The molecule has 1 saturated heterocycles. The summed E-state index contributed by atoms with van der Waals surface area (Å²) in [6.07, 6.45) is 1.11. The van der Waals surface area contributed by atoms with Crippen LogP contribution in [0.15, 0.2) is 29.3 Å². The van der Waals surface area contributed by atoms with Crippen molar-refractivity contribution < 1.29 is 0 Å². The standard InChI is InChI=1S/C17H28N4S.HI/c1-14(2)7-8-19-17(18)20-13-15-3-5-16(6-4-15)21-9-11-22-12-10-21;/h3-6,14H,7-13H2,1-2H3,(H3,18,19,20);1H. The van der Waals surface area contributed by atoms with E-state index in [1.807, 2.05) is 11.8 Å². The molecule has 0 atom stereocenters. The van der Waals surface area contributed by atoms with Gasteiger partial charge in [-0.25, -0.2) is 4.99 Å². The molecule has 0 bridgehead atoms. The second kappa shape index (κ2) is 11.0. The molecule has 0 unspecified atom stereocenters. The number of anilines is 1. The van der Waals surface area contributed by atoms with Crippen LogP contribution in [0.1, 0.15) is 25.8 Å². The fourth-order valence-corrected chi connectivity index (χ4v) is 3.26. The van der Waals surface area contributed by atoms with Crippen molar-refractivity contribution in [3.05, 3.63) is 29.8 Å². The van der Waals surface area contributed by atoms with Crippen LogP contribution < -0.4 is 16.0 Å². The first-order valence-corrected chi connectivity index (χ1v) is 9.26. The molecule has 0 saturated carbocycles. The van der Waals surface area contributed by atoms with E-state index in [1.54, 1.807) is 0 Å². The van der Waals surface area contributed by atoms with Crippen LogP contribution in [0.4, 0.5) is 5.69 Å². The topological polar surface area (TPSA) is 53.6 Å². The Balaban J connectivity index is 0.00000264. The maximum atomic E-state index is 5.88. The molecule has 2 rings (SSSR count). The Hall–Kier alpha value is -0.630. The molecule has 1 heterocycles. The van der Waals surface area contributed by atoms with Crippen molar-refractivity contribution in [1.82, 2.24) is 5.32 Å². The Morgan fingerprint density at radius 1 is 1.26 bits per heavy atom. The summed E-state index contributed by atoms with van der Waals surface area (Å²) < 4.78 is 0. The van der Waals surface area contributed by atoms with Gasteiger partial charge in [0.2, 0.25) is 0 Å². The van der Waals surface area contributed by atoms with Crippen LogP contribution in [0, 0.1) is 5.92 Å². The van der Waals surface area contributed by atoms with Crippen LogP contribution in [0.5, 0.6) is 0 Å². The zero-order chi connectivity index (χ0) is 15.8. The van der Waals surface area contributed by atoms with E-state index >= 15 is 0 Å².